The number of nitrogens with zero attached hydrogens (tertiary/aromatic N) is 5. The van der Waals surface area contributed by atoms with Crippen molar-refractivity contribution in [3.05, 3.63) is 35.2 Å². The number of amides is 2. The zero-order valence-corrected chi connectivity index (χ0v) is 16.3. The van der Waals surface area contributed by atoms with Gasteiger partial charge in [0.2, 0.25) is 0 Å². The van der Waals surface area contributed by atoms with Crippen molar-refractivity contribution in [3.63, 3.8) is 0 Å². The van der Waals surface area contributed by atoms with E-state index in [0.717, 1.165) is 42.6 Å². The van der Waals surface area contributed by atoms with Crippen molar-refractivity contribution in [1.29, 1.82) is 0 Å². The van der Waals surface area contributed by atoms with Gasteiger partial charge in [-0.3, -0.25) is 5.01 Å². The van der Waals surface area contributed by atoms with Crippen LogP contribution in [-0.4, -0.2) is 32.0 Å². The van der Waals surface area contributed by atoms with Gasteiger partial charge >= 0.3 is 6.03 Å². The molecule has 0 aromatic carbocycles. The minimum atomic E-state index is -0.465. The van der Waals surface area contributed by atoms with Gasteiger partial charge in [-0.25, -0.2) is 24.8 Å². The smallest absolute Gasteiger partial charge is 0.333 e. The molecular weight excluding hydrogens is 364 g/mol. The zero-order chi connectivity index (χ0) is 19.2. The molecule has 8 heteroatoms. The van der Waals surface area contributed by atoms with Crippen LogP contribution >= 0.6 is 11.6 Å². The van der Waals surface area contributed by atoms with Crippen LogP contribution in [0, 0.1) is 5.41 Å². The van der Waals surface area contributed by atoms with Gasteiger partial charge in [-0.2, -0.15) is 0 Å². The number of anilines is 1. The summed E-state index contributed by atoms with van der Waals surface area (Å²) in [5.41, 5.74) is 7.69. The number of rotatable bonds is 2. The summed E-state index contributed by atoms with van der Waals surface area (Å²) >= 11 is 5.88. The second kappa shape index (κ2) is 6.64. The van der Waals surface area contributed by atoms with E-state index < -0.39 is 6.03 Å². The lowest BCUT2D eigenvalue weighted by atomic mass is 9.75. The number of aromatic nitrogens is 3. The van der Waals surface area contributed by atoms with E-state index in [4.69, 9.17) is 22.3 Å². The number of carbonyl (C=O) groups is 1. The molecule has 0 bridgehead atoms. The summed E-state index contributed by atoms with van der Waals surface area (Å²) in [6.45, 7) is 4.99. The third kappa shape index (κ3) is 3.43. The number of urea groups is 1. The van der Waals surface area contributed by atoms with E-state index in [-0.39, 0.29) is 6.04 Å². The molecule has 0 saturated heterocycles. The van der Waals surface area contributed by atoms with Gasteiger partial charge in [-0.1, -0.05) is 25.4 Å². The second-order valence-electron chi connectivity index (χ2n) is 8.05. The number of pyridine rings is 1. The van der Waals surface area contributed by atoms with Gasteiger partial charge in [0, 0.05) is 23.5 Å². The van der Waals surface area contributed by atoms with Crippen LogP contribution in [0.25, 0.3) is 11.4 Å². The average molecular weight is 387 g/mol. The minimum Gasteiger partial charge on any atom is -0.350 e. The molecule has 2 N–H and O–H groups in total. The molecule has 27 heavy (non-hydrogen) atoms. The Balaban J connectivity index is 1.69. The summed E-state index contributed by atoms with van der Waals surface area (Å²) < 4.78 is 0. The normalized spacial score (nSPS) is 19.2. The molecule has 0 spiro atoms. The molecule has 0 radical (unpaired) electrons. The largest absolute Gasteiger partial charge is 0.350 e. The zero-order valence-electron chi connectivity index (χ0n) is 15.5. The van der Waals surface area contributed by atoms with Crippen LogP contribution < -0.4 is 10.7 Å². The predicted octanol–water partition coefficient (Wildman–Crippen LogP) is 3.78. The van der Waals surface area contributed by atoms with E-state index in [9.17, 15) is 4.79 Å². The molecule has 2 aromatic rings. The first-order valence-electron chi connectivity index (χ1n) is 9.18. The Morgan fingerprint density at radius 3 is 2.59 bits per heavy atom. The molecule has 1 fully saturated rings. The van der Waals surface area contributed by atoms with E-state index in [1.54, 1.807) is 23.5 Å². The Labute approximate surface area is 163 Å². The van der Waals surface area contributed by atoms with Gasteiger partial charge < -0.3 is 5.73 Å². The molecule has 0 unspecified atom stereocenters. The fraction of sp³-hybridized carbons (Fsp3) is 0.474. The number of hydrazine groups is 1. The highest BCUT2D eigenvalue weighted by Gasteiger charge is 2.39. The Morgan fingerprint density at radius 2 is 1.96 bits per heavy atom. The van der Waals surface area contributed by atoms with Crippen molar-refractivity contribution in [2.75, 3.05) is 5.01 Å². The van der Waals surface area contributed by atoms with Crippen LogP contribution in [0.2, 0.25) is 5.15 Å². The van der Waals surface area contributed by atoms with Crippen LogP contribution in [0.4, 0.5) is 10.6 Å². The molecule has 0 atom stereocenters. The Kier molecular flexibility index (Phi) is 4.42. The molecule has 4 rings (SSSR count). The second-order valence-corrected chi connectivity index (χ2v) is 8.44. The third-order valence-electron chi connectivity index (χ3n) is 5.53. The SMILES string of the molecule is CC1(C)CCC(N2c3nc(-c4ccc(Cl)nc4)ncc3CN2C(N)=O)CC1. The summed E-state index contributed by atoms with van der Waals surface area (Å²) in [6, 6.07) is 3.29. The lowest BCUT2D eigenvalue weighted by Gasteiger charge is -2.41. The molecule has 2 aliphatic rings. The molecule has 7 nitrogen and oxygen atoms in total. The van der Waals surface area contributed by atoms with Crippen LogP contribution in [0.15, 0.2) is 24.5 Å². The lowest BCUT2D eigenvalue weighted by Crippen LogP contribution is -2.52. The van der Waals surface area contributed by atoms with Crippen molar-refractivity contribution < 1.29 is 4.79 Å². The van der Waals surface area contributed by atoms with Crippen molar-refractivity contribution in [2.24, 2.45) is 11.1 Å². The lowest BCUT2D eigenvalue weighted by molar-refractivity contribution is 0.167. The van der Waals surface area contributed by atoms with E-state index in [1.165, 1.54) is 0 Å². The quantitative estimate of drug-likeness (QED) is 0.793. The van der Waals surface area contributed by atoms with Crippen LogP contribution in [0.1, 0.15) is 45.1 Å². The van der Waals surface area contributed by atoms with Gasteiger partial charge in [-0.15, -0.1) is 0 Å². The van der Waals surface area contributed by atoms with Crippen molar-refractivity contribution in [1.82, 2.24) is 20.0 Å². The highest BCUT2D eigenvalue weighted by atomic mass is 35.5. The highest BCUT2D eigenvalue weighted by Crippen LogP contribution is 2.41. The fourth-order valence-corrected chi connectivity index (χ4v) is 4.00. The summed E-state index contributed by atoms with van der Waals surface area (Å²) in [4.78, 5) is 25.4. The monoisotopic (exact) mass is 386 g/mol. The number of carbonyl (C=O) groups excluding carboxylic acids is 1. The summed E-state index contributed by atoms with van der Waals surface area (Å²) in [6.07, 6.45) is 7.63. The molecule has 142 valence electrons. The Bertz CT molecular complexity index is 859. The maximum atomic E-state index is 12.1. The van der Waals surface area contributed by atoms with Gasteiger partial charge in [0.1, 0.15) is 5.15 Å². The highest BCUT2D eigenvalue weighted by molar-refractivity contribution is 6.29. The third-order valence-corrected chi connectivity index (χ3v) is 5.76. The van der Waals surface area contributed by atoms with Gasteiger partial charge in [0.05, 0.1) is 12.6 Å². The molecule has 2 aromatic heterocycles. The Hall–Kier alpha value is -2.41. The first-order chi connectivity index (χ1) is 12.8. The predicted molar refractivity (Wildman–Crippen MR) is 104 cm³/mol. The average Bonchev–Trinajstić information content (AvgIpc) is 3.01. The number of nitrogens with two attached hydrogens (primary N) is 1. The van der Waals surface area contributed by atoms with Crippen LogP contribution in [-0.2, 0) is 6.54 Å². The van der Waals surface area contributed by atoms with E-state index in [2.05, 4.69) is 23.8 Å². The van der Waals surface area contributed by atoms with Gasteiger partial charge in [0.25, 0.3) is 0 Å². The van der Waals surface area contributed by atoms with Crippen LogP contribution in [0.5, 0.6) is 0 Å². The number of hydrogen-bond acceptors (Lipinski definition) is 5. The maximum absolute atomic E-state index is 12.1. The van der Waals surface area contributed by atoms with Crippen molar-refractivity contribution in [3.8, 4) is 11.4 Å². The van der Waals surface area contributed by atoms with E-state index in [0.29, 0.717) is 22.9 Å². The van der Waals surface area contributed by atoms with E-state index in [1.807, 2.05) is 11.1 Å². The first-order valence-corrected chi connectivity index (χ1v) is 9.56. The molecule has 2 amide bonds. The summed E-state index contributed by atoms with van der Waals surface area (Å²) in [5, 5.41) is 4.00. The molecule has 1 aliphatic heterocycles. The first kappa shape index (κ1) is 18.0. The minimum absolute atomic E-state index is 0.206. The maximum Gasteiger partial charge on any atom is 0.333 e. The molecule has 1 aliphatic carbocycles. The summed E-state index contributed by atoms with van der Waals surface area (Å²) in [7, 11) is 0. The van der Waals surface area contributed by atoms with Crippen molar-refractivity contribution >= 4 is 23.4 Å². The van der Waals surface area contributed by atoms with Gasteiger partial charge in [0.15, 0.2) is 11.6 Å². The fourth-order valence-electron chi connectivity index (χ4n) is 3.89. The number of fused-ring (bicyclic) bond motifs is 1. The molecular formula is C19H23ClN6O. The summed E-state index contributed by atoms with van der Waals surface area (Å²) in [5.74, 6) is 1.32. The number of primary amides is 1. The number of halogens is 1. The number of hydrogen-bond donors (Lipinski definition) is 1. The van der Waals surface area contributed by atoms with Gasteiger partial charge in [-0.05, 0) is 43.2 Å². The Morgan fingerprint density at radius 1 is 1.22 bits per heavy atom. The molecule has 3 heterocycles. The standard InChI is InChI=1S/C19H23ClN6O/c1-19(2)7-5-14(6-8-19)26-17-13(11-25(26)18(21)27)10-23-16(24-17)12-3-4-15(20)22-9-12/h3-4,9-10,14H,5-8,11H2,1-2H3,(H2,21,27). The van der Waals surface area contributed by atoms with Crippen LogP contribution in [0.3, 0.4) is 0 Å². The topological polar surface area (TPSA) is 88.2 Å². The van der Waals surface area contributed by atoms with E-state index >= 15 is 0 Å². The van der Waals surface area contributed by atoms with Crippen molar-refractivity contribution in [2.45, 2.75) is 52.1 Å². The molecule has 1 saturated carbocycles.